The summed E-state index contributed by atoms with van der Waals surface area (Å²) < 4.78 is 0. The molecular weight excluding hydrogens is 314 g/mol. The number of aromatic nitrogens is 2. The molecule has 3 heterocycles. The fraction of sp³-hybridized carbons (Fsp3) is 0.737. The average molecular weight is 345 g/mol. The highest BCUT2D eigenvalue weighted by Crippen LogP contribution is 2.21. The zero-order chi connectivity index (χ0) is 17.6. The van der Waals surface area contributed by atoms with E-state index in [-0.39, 0.29) is 11.8 Å². The molecule has 0 spiro atoms. The van der Waals surface area contributed by atoms with Gasteiger partial charge in [0.15, 0.2) is 0 Å². The number of piperidine rings is 2. The molecule has 2 atom stereocenters. The Kier molecular flexibility index (Phi) is 6.24. The zero-order valence-corrected chi connectivity index (χ0v) is 15.5. The van der Waals surface area contributed by atoms with Crippen molar-refractivity contribution in [2.24, 2.45) is 17.8 Å². The van der Waals surface area contributed by atoms with Crippen molar-refractivity contribution in [1.82, 2.24) is 20.2 Å². The van der Waals surface area contributed by atoms with Crippen LogP contribution < -0.4 is 10.2 Å². The Morgan fingerprint density at radius 1 is 1.16 bits per heavy atom. The highest BCUT2D eigenvalue weighted by Gasteiger charge is 2.26. The van der Waals surface area contributed by atoms with Gasteiger partial charge < -0.3 is 15.1 Å². The average Bonchev–Trinajstić information content (AvgIpc) is 2.62. The van der Waals surface area contributed by atoms with Crippen molar-refractivity contribution in [1.29, 1.82) is 0 Å². The summed E-state index contributed by atoms with van der Waals surface area (Å²) in [5.74, 6) is 2.65. The number of rotatable bonds is 5. The van der Waals surface area contributed by atoms with Gasteiger partial charge in [0.05, 0.1) is 0 Å². The third kappa shape index (κ3) is 5.14. The van der Waals surface area contributed by atoms with Crippen LogP contribution in [0, 0.1) is 17.8 Å². The molecule has 3 rings (SSSR count). The molecule has 2 fully saturated rings. The second kappa shape index (κ2) is 8.61. The Balaban J connectivity index is 1.37. The lowest BCUT2D eigenvalue weighted by Crippen LogP contribution is -2.45. The summed E-state index contributed by atoms with van der Waals surface area (Å²) in [5.41, 5.74) is 0. The summed E-state index contributed by atoms with van der Waals surface area (Å²) in [6.45, 7) is 10.4. The fourth-order valence-electron chi connectivity index (χ4n) is 4.25. The van der Waals surface area contributed by atoms with Crippen LogP contribution in [-0.4, -0.2) is 60.0 Å². The Morgan fingerprint density at radius 3 is 2.44 bits per heavy atom. The Bertz CT molecular complexity index is 534. The van der Waals surface area contributed by atoms with Gasteiger partial charge >= 0.3 is 0 Å². The first-order valence-corrected chi connectivity index (χ1v) is 9.64. The summed E-state index contributed by atoms with van der Waals surface area (Å²) in [5, 5.41) is 3.15. The lowest BCUT2D eigenvalue weighted by atomic mass is 9.92. The Morgan fingerprint density at radius 2 is 1.80 bits per heavy atom. The predicted molar refractivity (Wildman–Crippen MR) is 99.4 cm³/mol. The minimum absolute atomic E-state index is 0.124. The van der Waals surface area contributed by atoms with Crippen molar-refractivity contribution >= 4 is 11.9 Å². The van der Waals surface area contributed by atoms with Gasteiger partial charge in [0.1, 0.15) is 0 Å². The van der Waals surface area contributed by atoms with E-state index in [4.69, 9.17) is 0 Å². The molecule has 2 unspecified atom stereocenters. The smallest absolute Gasteiger partial charge is 0.225 e. The minimum Gasteiger partial charge on any atom is -0.355 e. The van der Waals surface area contributed by atoms with E-state index in [9.17, 15) is 4.79 Å². The lowest BCUT2D eigenvalue weighted by molar-refractivity contribution is -0.125. The van der Waals surface area contributed by atoms with Crippen molar-refractivity contribution in [2.75, 3.05) is 44.2 Å². The quantitative estimate of drug-likeness (QED) is 0.881. The van der Waals surface area contributed by atoms with Crippen LogP contribution in [0.4, 0.5) is 5.95 Å². The number of amides is 1. The van der Waals surface area contributed by atoms with Crippen LogP contribution in [-0.2, 0) is 4.79 Å². The Hall–Kier alpha value is -1.69. The third-order valence-corrected chi connectivity index (χ3v) is 5.37. The molecule has 6 nitrogen and oxygen atoms in total. The summed E-state index contributed by atoms with van der Waals surface area (Å²) in [6.07, 6.45) is 6.61. The number of carbonyl (C=O) groups excluding carboxylic acids is 1. The number of hydrogen-bond acceptors (Lipinski definition) is 5. The molecule has 0 aromatic carbocycles. The van der Waals surface area contributed by atoms with Crippen molar-refractivity contribution in [3.8, 4) is 0 Å². The predicted octanol–water partition coefficient (Wildman–Crippen LogP) is 1.79. The van der Waals surface area contributed by atoms with Gasteiger partial charge in [-0.15, -0.1) is 0 Å². The van der Waals surface area contributed by atoms with Gasteiger partial charge in [-0.25, -0.2) is 9.97 Å². The molecule has 1 aromatic heterocycles. The van der Waals surface area contributed by atoms with E-state index in [1.807, 2.05) is 6.07 Å². The summed E-state index contributed by atoms with van der Waals surface area (Å²) >= 11 is 0. The van der Waals surface area contributed by atoms with Gasteiger partial charge in [-0.05, 0) is 37.2 Å². The molecular formula is C19H31N5O. The number of hydrogen-bond donors (Lipinski definition) is 1. The number of anilines is 1. The van der Waals surface area contributed by atoms with Crippen LogP contribution in [0.5, 0.6) is 0 Å². The molecule has 0 radical (unpaired) electrons. The molecule has 138 valence electrons. The largest absolute Gasteiger partial charge is 0.355 e. The second-order valence-electron chi connectivity index (χ2n) is 7.81. The highest BCUT2D eigenvalue weighted by atomic mass is 16.1. The number of nitrogens with one attached hydrogen (secondary N) is 1. The van der Waals surface area contributed by atoms with E-state index < -0.39 is 0 Å². The maximum absolute atomic E-state index is 12.4. The van der Waals surface area contributed by atoms with Crippen LogP contribution in [0.1, 0.15) is 33.1 Å². The van der Waals surface area contributed by atoms with Gasteiger partial charge in [-0.1, -0.05) is 13.8 Å². The van der Waals surface area contributed by atoms with E-state index >= 15 is 0 Å². The van der Waals surface area contributed by atoms with Crippen molar-refractivity contribution in [3.63, 3.8) is 0 Å². The molecule has 0 aliphatic carbocycles. The van der Waals surface area contributed by atoms with E-state index in [2.05, 4.69) is 38.9 Å². The third-order valence-electron chi connectivity index (χ3n) is 5.37. The molecule has 2 aliphatic heterocycles. The minimum atomic E-state index is 0.124. The standard InChI is InChI=1S/C19H31N5O/c1-15-12-16(2)14-23(13-15)11-8-20-18(25)17-4-9-24(10-5-17)19-21-6-3-7-22-19/h3,6-7,15-17H,4-5,8-14H2,1-2H3,(H,20,25). The van der Waals surface area contributed by atoms with Crippen LogP contribution in [0.3, 0.4) is 0 Å². The van der Waals surface area contributed by atoms with Gasteiger partial charge in [0.2, 0.25) is 11.9 Å². The molecule has 0 bridgehead atoms. The molecule has 6 heteroatoms. The number of nitrogens with zero attached hydrogens (tertiary/aromatic N) is 4. The van der Waals surface area contributed by atoms with Crippen LogP contribution in [0.25, 0.3) is 0 Å². The van der Waals surface area contributed by atoms with Gasteiger partial charge in [-0.3, -0.25) is 4.79 Å². The first-order valence-electron chi connectivity index (χ1n) is 9.64. The summed E-state index contributed by atoms with van der Waals surface area (Å²) in [7, 11) is 0. The van der Waals surface area contributed by atoms with E-state index in [1.54, 1.807) is 12.4 Å². The first-order chi connectivity index (χ1) is 12.1. The molecule has 1 amide bonds. The fourth-order valence-corrected chi connectivity index (χ4v) is 4.25. The topological polar surface area (TPSA) is 61.4 Å². The molecule has 1 N–H and O–H groups in total. The van der Waals surface area contributed by atoms with Crippen LogP contribution in [0.2, 0.25) is 0 Å². The maximum atomic E-state index is 12.4. The van der Waals surface area contributed by atoms with Gasteiger partial charge in [0, 0.05) is 57.6 Å². The van der Waals surface area contributed by atoms with Crippen LogP contribution in [0.15, 0.2) is 18.5 Å². The first kappa shape index (κ1) is 18.1. The van der Waals surface area contributed by atoms with Crippen molar-refractivity contribution in [2.45, 2.75) is 33.1 Å². The van der Waals surface area contributed by atoms with Gasteiger partial charge in [0.25, 0.3) is 0 Å². The number of carbonyl (C=O) groups is 1. The molecule has 2 saturated heterocycles. The van der Waals surface area contributed by atoms with Crippen LogP contribution >= 0.6 is 0 Å². The second-order valence-corrected chi connectivity index (χ2v) is 7.81. The normalized spacial score (nSPS) is 25.8. The van der Waals surface area contributed by atoms with E-state index in [0.29, 0.717) is 0 Å². The number of likely N-dealkylation sites (tertiary alicyclic amines) is 1. The monoisotopic (exact) mass is 345 g/mol. The van der Waals surface area contributed by atoms with Crippen molar-refractivity contribution in [3.05, 3.63) is 18.5 Å². The maximum Gasteiger partial charge on any atom is 0.225 e. The lowest BCUT2D eigenvalue weighted by Gasteiger charge is -2.35. The molecule has 2 aliphatic rings. The molecule has 0 saturated carbocycles. The Labute approximate surface area is 151 Å². The molecule has 1 aromatic rings. The van der Waals surface area contributed by atoms with E-state index in [1.165, 1.54) is 6.42 Å². The molecule has 25 heavy (non-hydrogen) atoms. The summed E-state index contributed by atoms with van der Waals surface area (Å²) in [6, 6.07) is 1.83. The SMILES string of the molecule is CC1CC(C)CN(CCNC(=O)C2CCN(c3ncccn3)CC2)C1. The van der Waals surface area contributed by atoms with Crippen molar-refractivity contribution < 1.29 is 4.79 Å². The van der Waals surface area contributed by atoms with Gasteiger partial charge in [-0.2, -0.15) is 0 Å². The zero-order valence-electron chi connectivity index (χ0n) is 15.5. The highest BCUT2D eigenvalue weighted by molar-refractivity contribution is 5.78. The van der Waals surface area contributed by atoms with E-state index in [0.717, 1.165) is 69.9 Å². The summed E-state index contributed by atoms with van der Waals surface area (Å²) in [4.78, 5) is 25.7.